The topological polar surface area (TPSA) is 49.7 Å². The van der Waals surface area contributed by atoms with Crippen molar-refractivity contribution in [1.82, 2.24) is 0 Å². The minimum atomic E-state index is -0.752. The summed E-state index contributed by atoms with van der Waals surface area (Å²) in [7, 11) is 1.62. The molecule has 0 aromatic heterocycles. The monoisotopic (exact) mass is 290 g/mol. The van der Waals surface area contributed by atoms with E-state index in [-0.39, 0.29) is 5.75 Å². The lowest BCUT2D eigenvalue weighted by Crippen LogP contribution is -2.22. The number of aromatic hydroxyl groups is 1. The zero-order valence-electron chi connectivity index (χ0n) is 13.4. The summed E-state index contributed by atoms with van der Waals surface area (Å²) < 4.78 is 5.35. The van der Waals surface area contributed by atoms with Crippen LogP contribution in [0.1, 0.15) is 45.6 Å². The molecule has 0 radical (unpaired) electrons. The Balaban J connectivity index is 3.11. The molecule has 3 nitrogen and oxygen atoms in total. The van der Waals surface area contributed by atoms with Crippen LogP contribution in [0.15, 0.2) is 36.4 Å². The number of methoxy groups -OCH3 is 1. The maximum Gasteiger partial charge on any atom is 0.126 e. The molecule has 0 amide bonds. The number of phenols is 1. The highest BCUT2D eigenvalue weighted by Gasteiger charge is 2.17. The van der Waals surface area contributed by atoms with Crippen molar-refractivity contribution in [3.63, 3.8) is 0 Å². The number of aliphatic hydroxyl groups is 1. The number of hydrogen-bond donors (Lipinski definition) is 2. The van der Waals surface area contributed by atoms with E-state index < -0.39 is 5.60 Å². The van der Waals surface area contributed by atoms with E-state index in [1.54, 1.807) is 25.3 Å². The fourth-order valence-corrected chi connectivity index (χ4v) is 2.17. The Morgan fingerprint density at radius 3 is 2.43 bits per heavy atom. The lowest BCUT2D eigenvalue weighted by molar-refractivity contribution is 0.0828. The number of allylic oxidation sites excluding steroid dienone is 3. The van der Waals surface area contributed by atoms with E-state index in [0.29, 0.717) is 12.8 Å². The van der Waals surface area contributed by atoms with Crippen molar-refractivity contribution in [1.29, 1.82) is 0 Å². The molecular weight excluding hydrogens is 264 g/mol. The van der Waals surface area contributed by atoms with Crippen molar-refractivity contribution in [3.8, 4) is 11.5 Å². The first-order chi connectivity index (χ1) is 9.99. The smallest absolute Gasteiger partial charge is 0.126 e. The second-order valence-electron chi connectivity index (χ2n) is 5.10. The Kier molecular flexibility index (Phi) is 6.50. The molecule has 2 N–H and O–H groups in total. The normalized spacial score (nSPS) is 12.9. The standard InChI is InChI=1S/C18H26O3/c1-5-14(9-8-12-18(20,6-2)7-3)16-13-15(19)10-11-17(16)21-4/h8-13,19-20H,5-7H2,1-4H3. The number of hydrogen-bond acceptors (Lipinski definition) is 3. The molecule has 0 aliphatic rings. The van der Waals surface area contributed by atoms with Crippen LogP contribution in [0.5, 0.6) is 11.5 Å². The van der Waals surface area contributed by atoms with Gasteiger partial charge in [-0.15, -0.1) is 0 Å². The van der Waals surface area contributed by atoms with Crippen LogP contribution in [0, 0.1) is 0 Å². The van der Waals surface area contributed by atoms with Gasteiger partial charge in [0.15, 0.2) is 0 Å². The van der Waals surface area contributed by atoms with Crippen LogP contribution in [0.3, 0.4) is 0 Å². The minimum Gasteiger partial charge on any atom is -0.508 e. The van der Waals surface area contributed by atoms with Gasteiger partial charge in [0.05, 0.1) is 12.7 Å². The molecule has 1 aromatic rings. The van der Waals surface area contributed by atoms with Gasteiger partial charge in [-0.25, -0.2) is 0 Å². The predicted octanol–water partition coefficient (Wildman–Crippen LogP) is 4.30. The molecule has 0 aliphatic carbocycles. The van der Waals surface area contributed by atoms with Crippen molar-refractivity contribution >= 4 is 5.57 Å². The molecule has 0 aliphatic heterocycles. The summed E-state index contributed by atoms with van der Waals surface area (Å²) >= 11 is 0. The summed E-state index contributed by atoms with van der Waals surface area (Å²) in [6, 6.07) is 5.07. The van der Waals surface area contributed by atoms with Gasteiger partial charge in [-0.2, -0.15) is 0 Å². The highest BCUT2D eigenvalue weighted by Crippen LogP contribution is 2.31. The van der Waals surface area contributed by atoms with Gasteiger partial charge in [0.25, 0.3) is 0 Å². The van der Waals surface area contributed by atoms with Crippen LogP contribution in [0.4, 0.5) is 0 Å². The first kappa shape index (κ1) is 17.3. The van der Waals surface area contributed by atoms with Crippen LogP contribution >= 0.6 is 0 Å². The maximum absolute atomic E-state index is 10.2. The number of rotatable bonds is 7. The first-order valence-corrected chi connectivity index (χ1v) is 7.47. The second kappa shape index (κ2) is 7.89. The molecule has 0 saturated heterocycles. The Hall–Kier alpha value is -1.74. The summed E-state index contributed by atoms with van der Waals surface area (Å²) in [5, 5.41) is 19.9. The van der Waals surface area contributed by atoms with Gasteiger partial charge < -0.3 is 14.9 Å². The van der Waals surface area contributed by atoms with Crippen molar-refractivity contribution < 1.29 is 14.9 Å². The third-order valence-electron chi connectivity index (χ3n) is 3.84. The lowest BCUT2D eigenvalue weighted by Gasteiger charge is -2.20. The van der Waals surface area contributed by atoms with Gasteiger partial charge in [-0.3, -0.25) is 0 Å². The van der Waals surface area contributed by atoms with Crippen molar-refractivity contribution in [2.75, 3.05) is 7.11 Å². The molecule has 0 fully saturated rings. The Morgan fingerprint density at radius 2 is 1.90 bits per heavy atom. The minimum absolute atomic E-state index is 0.216. The van der Waals surface area contributed by atoms with Gasteiger partial charge in [-0.05, 0) is 43.0 Å². The van der Waals surface area contributed by atoms with Gasteiger partial charge >= 0.3 is 0 Å². The van der Waals surface area contributed by atoms with Crippen LogP contribution in [0.2, 0.25) is 0 Å². The quantitative estimate of drug-likeness (QED) is 0.736. The molecule has 21 heavy (non-hydrogen) atoms. The van der Waals surface area contributed by atoms with E-state index >= 15 is 0 Å². The summed E-state index contributed by atoms with van der Waals surface area (Å²) in [4.78, 5) is 0. The number of benzene rings is 1. The van der Waals surface area contributed by atoms with E-state index in [2.05, 4.69) is 6.92 Å². The third-order valence-corrected chi connectivity index (χ3v) is 3.84. The largest absolute Gasteiger partial charge is 0.508 e. The average molecular weight is 290 g/mol. The first-order valence-electron chi connectivity index (χ1n) is 7.47. The Morgan fingerprint density at radius 1 is 1.24 bits per heavy atom. The van der Waals surface area contributed by atoms with Crippen LogP contribution in [0.25, 0.3) is 5.57 Å². The van der Waals surface area contributed by atoms with E-state index in [4.69, 9.17) is 4.74 Å². The molecule has 0 saturated carbocycles. The average Bonchev–Trinajstić information content (AvgIpc) is 2.51. The van der Waals surface area contributed by atoms with Gasteiger partial charge in [0.2, 0.25) is 0 Å². The van der Waals surface area contributed by atoms with Crippen molar-refractivity contribution in [3.05, 3.63) is 42.0 Å². The third kappa shape index (κ3) is 4.64. The fraction of sp³-hybridized carbons (Fsp3) is 0.444. The number of phenolic OH excluding ortho intramolecular Hbond substituents is 1. The predicted molar refractivity (Wildman–Crippen MR) is 87.6 cm³/mol. The SMILES string of the molecule is CCC(=CC=CC(O)(CC)CC)c1cc(O)ccc1OC. The van der Waals surface area contributed by atoms with Crippen molar-refractivity contribution in [2.24, 2.45) is 0 Å². The van der Waals surface area contributed by atoms with Crippen LogP contribution in [-0.2, 0) is 0 Å². The zero-order valence-corrected chi connectivity index (χ0v) is 13.4. The highest BCUT2D eigenvalue weighted by atomic mass is 16.5. The fourth-order valence-electron chi connectivity index (χ4n) is 2.17. The Bertz CT molecular complexity index is 511. The molecule has 0 unspecified atom stereocenters. The molecule has 0 heterocycles. The molecule has 1 rings (SSSR count). The zero-order chi connectivity index (χ0) is 15.9. The molecule has 3 heteroatoms. The van der Waals surface area contributed by atoms with Gasteiger partial charge in [0.1, 0.15) is 11.5 Å². The van der Waals surface area contributed by atoms with Gasteiger partial charge in [0, 0.05) is 5.56 Å². The summed E-state index contributed by atoms with van der Waals surface area (Å²) in [6.07, 6.45) is 7.86. The van der Waals surface area contributed by atoms with Crippen LogP contribution in [-0.4, -0.2) is 22.9 Å². The molecule has 0 atom stereocenters. The number of ether oxygens (including phenoxy) is 1. The molecule has 116 valence electrons. The second-order valence-corrected chi connectivity index (χ2v) is 5.10. The maximum atomic E-state index is 10.2. The molecule has 0 bridgehead atoms. The summed E-state index contributed by atoms with van der Waals surface area (Å²) in [5.41, 5.74) is 1.17. The van der Waals surface area contributed by atoms with E-state index in [0.717, 1.165) is 23.3 Å². The molecule has 0 spiro atoms. The molecule has 1 aromatic carbocycles. The van der Waals surface area contributed by atoms with Gasteiger partial charge in [-0.1, -0.05) is 39.0 Å². The van der Waals surface area contributed by atoms with E-state index in [9.17, 15) is 10.2 Å². The summed E-state index contributed by atoms with van der Waals surface area (Å²) in [6.45, 7) is 5.99. The summed E-state index contributed by atoms with van der Waals surface area (Å²) in [5.74, 6) is 0.947. The Labute approximate surface area is 127 Å². The van der Waals surface area contributed by atoms with E-state index in [1.807, 2.05) is 32.1 Å². The lowest BCUT2D eigenvalue weighted by atomic mass is 9.96. The van der Waals surface area contributed by atoms with E-state index in [1.165, 1.54) is 0 Å². The van der Waals surface area contributed by atoms with Crippen LogP contribution < -0.4 is 4.74 Å². The highest BCUT2D eigenvalue weighted by molar-refractivity contribution is 5.72. The molecular formula is C18H26O3. The van der Waals surface area contributed by atoms with Crippen molar-refractivity contribution in [2.45, 2.75) is 45.6 Å².